The number of nitrogens with two attached hydrogens (primary N) is 1. The van der Waals surface area contributed by atoms with E-state index in [1.165, 1.54) is 64.2 Å². The molecule has 0 aromatic heterocycles. The molecule has 2 saturated carbocycles. The van der Waals surface area contributed by atoms with Gasteiger partial charge in [-0.05, 0) is 39.2 Å². The Kier molecular flexibility index (Phi) is 8.72. The highest BCUT2D eigenvalue weighted by atomic mass is 16.5. The maximum atomic E-state index is 5.63. The molecule has 0 aromatic rings. The van der Waals surface area contributed by atoms with Crippen LogP contribution in [0.15, 0.2) is 12.5 Å². The van der Waals surface area contributed by atoms with Crippen molar-refractivity contribution in [3.63, 3.8) is 0 Å². The summed E-state index contributed by atoms with van der Waals surface area (Å²) in [7, 11) is 0. The minimum absolute atomic E-state index is 0.536. The molecule has 0 heterocycles. The molecule has 0 unspecified atom stereocenters. The average Bonchev–Trinajstić information content (AvgIpc) is 2.42. The summed E-state index contributed by atoms with van der Waals surface area (Å²) in [5.41, 5.74) is 5.63. The van der Waals surface area contributed by atoms with Gasteiger partial charge in [0.25, 0.3) is 0 Å². The smallest absolute Gasteiger partial charge is 0.179 e. The van der Waals surface area contributed by atoms with Crippen LogP contribution < -0.4 is 11.1 Å². The van der Waals surface area contributed by atoms with E-state index >= 15 is 0 Å². The van der Waals surface area contributed by atoms with Crippen molar-refractivity contribution in [2.45, 2.75) is 83.2 Å². The van der Waals surface area contributed by atoms with Gasteiger partial charge < -0.3 is 15.8 Å². The third-order valence-corrected chi connectivity index (χ3v) is 3.94. The van der Waals surface area contributed by atoms with E-state index in [1.54, 1.807) is 0 Å². The normalized spacial score (nSPS) is 21.2. The molecule has 0 saturated heterocycles. The van der Waals surface area contributed by atoms with Crippen molar-refractivity contribution in [1.82, 2.24) is 5.32 Å². The first-order valence-electron chi connectivity index (χ1n) is 8.06. The van der Waals surface area contributed by atoms with Crippen molar-refractivity contribution in [1.29, 1.82) is 0 Å². The third kappa shape index (κ3) is 8.14. The Morgan fingerprint density at radius 2 is 1.58 bits per heavy atom. The number of ether oxygens (including phenoxy) is 1. The summed E-state index contributed by atoms with van der Waals surface area (Å²) in [6.45, 7) is 6.49. The fourth-order valence-electron chi connectivity index (χ4n) is 2.82. The molecule has 2 aliphatic carbocycles. The summed E-state index contributed by atoms with van der Waals surface area (Å²) in [4.78, 5) is 0. The average molecular weight is 268 g/mol. The molecule has 2 fully saturated rings. The van der Waals surface area contributed by atoms with Crippen LogP contribution in [0, 0.1) is 0 Å². The number of rotatable bonds is 4. The van der Waals surface area contributed by atoms with Gasteiger partial charge >= 0.3 is 0 Å². The topological polar surface area (TPSA) is 47.3 Å². The van der Waals surface area contributed by atoms with E-state index < -0.39 is 0 Å². The van der Waals surface area contributed by atoms with E-state index in [-0.39, 0.29) is 0 Å². The molecule has 0 atom stereocenters. The molecule has 0 aliphatic heterocycles. The molecule has 3 heteroatoms. The zero-order valence-electron chi connectivity index (χ0n) is 12.6. The lowest BCUT2D eigenvalue weighted by atomic mass is 9.96. The molecule has 0 radical (unpaired) electrons. The van der Waals surface area contributed by atoms with E-state index in [0.717, 1.165) is 5.88 Å². The maximum Gasteiger partial charge on any atom is 0.179 e. The van der Waals surface area contributed by atoms with Crippen LogP contribution in [0.1, 0.15) is 71.1 Å². The van der Waals surface area contributed by atoms with E-state index in [1.807, 2.05) is 6.92 Å². The lowest BCUT2D eigenvalue weighted by Crippen LogP contribution is -2.30. The second-order valence-corrected chi connectivity index (χ2v) is 5.73. The van der Waals surface area contributed by atoms with Crippen LogP contribution in [0.4, 0.5) is 0 Å². The minimum atomic E-state index is 0.536. The molecule has 0 spiro atoms. The van der Waals surface area contributed by atoms with E-state index in [9.17, 15) is 0 Å². The minimum Gasteiger partial charge on any atom is -0.480 e. The van der Waals surface area contributed by atoms with Gasteiger partial charge in [-0.2, -0.15) is 0 Å². The predicted octanol–water partition coefficient (Wildman–Crippen LogP) is 3.69. The van der Waals surface area contributed by atoms with E-state index in [4.69, 9.17) is 10.5 Å². The van der Waals surface area contributed by atoms with Gasteiger partial charge in [-0.15, -0.1) is 0 Å². The second kappa shape index (κ2) is 10.1. The summed E-state index contributed by atoms with van der Waals surface area (Å²) in [5, 5.41) is 3.30. The van der Waals surface area contributed by atoms with Crippen LogP contribution in [0.5, 0.6) is 0 Å². The van der Waals surface area contributed by atoms with Crippen molar-refractivity contribution in [3.05, 3.63) is 12.5 Å². The first-order valence-corrected chi connectivity index (χ1v) is 8.06. The Balaban J connectivity index is 0.000000218. The molecule has 2 aliphatic rings. The summed E-state index contributed by atoms with van der Waals surface area (Å²) >= 11 is 0. The molecule has 2 rings (SSSR count). The van der Waals surface area contributed by atoms with Gasteiger partial charge in [0.15, 0.2) is 5.88 Å². The standard InChI is InChI=1S/C10H19NO.C6H13N/c1-3-12-9(2)11-10-7-5-4-6-8-10;7-6-4-2-1-3-5-6/h10-11H,2-8H2,1H3;6H,1-5,7H2. The summed E-state index contributed by atoms with van der Waals surface area (Å²) in [5.74, 6) is 0.740. The zero-order valence-corrected chi connectivity index (χ0v) is 12.6. The Morgan fingerprint density at radius 1 is 1.05 bits per heavy atom. The van der Waals surface area contributed by atoms with Crippen LogP contribution in [-0.2, 0) is 4.74 Å². The van der Waals surface area contributed by atoms with Crippen LogP contribution >= 0.6 is 0 Å². The van der Waals surface area contributed by atoms with Gasteiger partial charge in [-0.3, -0.25) is 0 Å². The highest BCUT2D eigenvalue weighted by Gasteiger charge is 2.13. The van der Waals surface area contributed by atoms with Crippen molar-refractivity contribution >= 4 is 0 Å². The number of hydrogen-bond donors (Lipinski definition) is 2. The quantitative estimate of drug-likeness (QED) is 0.764. The van der Waals surface area contributed by atoms with Crippen molar-refractivity contribution in [3.8, 4) is 0 Å². The highest BCUT2D eigenvalue weighted by Crippen LogP contribution is 2.18. The zero-order chi connectivity index (χ0) is 13.9. The van der Waals surface area contributed by atoms with Gasteiger partial charge in [-0.25, -0.2) is 0 Å². The monoisotopic (exact) mass is 268 g/mol. The molecule has 0 bridgehead atoms. The highest BCUT2D eigenvalue weighted by molar-refractivity contribution is 4.85. The summed E-state index contributed by atoms with van der Waals surface area (Å²) in [6, 6.07) is 1.14. The van der Waals surface area contributed by atoms with Crippen molar-refractivity contribution in [2.75, 3.05) is 6.61 Å². The largest absolute Gasteiger partial charge is 0.480 e. The first-order chi connectivity index (χ1) is 9.22. The second-order valence-electron chi connectivity index (χ2n) is 5.73. The van der Waals surface area contributed by atoms with Crippen molar-refractivity contribution in [2.24, 2.45) is 5.73 Å². The van der Waals surface area contributed by atoms with Gasteiger partial charge in [0.05, 0.1) is 6.61 Å². The molecular formula is C16H32N2O. The van der Waals surface area contributed by atoms with Crippen LogP contribution in [0.3, 0.4) is 0 Å². The van der Waals surface area contributed by atoms with Gasteiger partial charge in [-0.1, -0.05) is 38.5 Å². The molecule has 3 N–H and O–H groups in total. The van der Waals surface area contributed by atoms with Crippen molar-refractivity contribution < 1.29 is 4.74 Å². The predicted molar refractivity (Wildman–Crippen MR) is 81.8 cm³/mol. The lowest BCUT2D eigenvalue weighted by Gasteiger charge is -2.24. The van der Waals surface area contributed by atoms with Gasteiger partial charge in [0.2, 0.25) is 0 Å². The Labute approximate surface area is 119 Å². The van der Waals surface area contributed by atoms with Gasteiger partial charge in [0.1, 0.15) is 0 Å². The molecule has 19 heavy (non-hydrogen) atoms. The first kappa shape index (κ1) is 16.4. The van der Waals surface area contributed by atoms with Gasteiger partial charge in [0, 0.05) is 12.1 Å². The Bertz CT molecular complexity index is 231. The summed E-state index contributed by atoms with van der Waals surface area (Å²) in [6.07, 6.45) is 13.3. The van der Waals surface area contributed by atoms with Crippen LogP contribution in [0.2, 0.25) is 0 Å². The fraction of sp³-hybridized carbons (Fsp3) is 0.875. The SMILES string of the molecule is C=C(NC1CCCCC1)OCC.NC1CCCCC1. The number of nitrogens with one attached hydrogen (secondary N) is 1. The Hall–Kier alpha value is -0.700. The number of hydrogen-bond acceptors (Lipinski definition) is 3. The van der Waals surface area contributed by atoms with E-state index in [2.05, 4.69) is 11.9 Å². The molecule has 0 amide bonds. The van der Waals surface area contributed by atoms with Crippen LogP contribution in [0.25, 0.3) is 0 Å². The third-order valence-electron chi connectivity index (χ3n) is 3.94. The lowest BCUT2D eigenvalue weighted by molar-refractivity contribution is 0.191. The molecular weight excluding hydrogens is 236 g/mol. The molecule has 3 nitrogen and oxygen atoms in total. The fourth-order valence-corrected chi connectivity index (χ4v) is 2.82. The Morgan fingerprint density at radius 3 is 2.00 bits per heavy atom. The van der Waals surface area contributed by atoms with Crippen LogP contribution in [-0.4, -0.2) is 18.7 Å². The molecule has 0 aromatic carbocycles. The summed E-state index contributed by atoms with van der Waals surface area (Å²) < 4.78 is 5.24. The maximum absolute atomic E-state index is 5.63. The van der Waals surface area contributed by atoms with E-state index in [0.29, 0.717) is 18.7 Å². The molecule has 112 valence electrons.